The molecule has 7 aliphatic carbocycles. The van der Waals surface area contributed by atoms with Crippen molar-refractivity contribution >= 4 is 57.8 Å². The van der Waals surface area contributed by atoms with E-state index in [1.807, 2.05) is 20.8 Å². The van der Waals surface area contributed by atoms with E-state index in [4.69, 9.17) is 81.5 Å². The minimum absolute atomic E-state index is 0.114. The Labute approximate surface area is 811 Å². The lowest BCUT2D eigenvalue weighted by atomic mass is 9.60. The standard InChI is InChI=1S/C29H34FN9O3.2C24H26FN7O.C23H26FN7O2/c1-14(31)26(40)35-15(2)27(41)37-23-12-39(13-29(23)5-6-29)25-24-20-7-17(30)8-21(32-4)19(20)9-22(24)36-28(38-25)42-18-10-33-16(3)34-11-18;2*1-12-28-8-14(9-29-12)33-23-30-20-6-15-16(4-13(25)5-19(15)27-3)21(20)22(31-23)32-10-17-18(26)7-24(17,2)11-32;1-4-32-20-11-31(10-17(20)25)22-21-16-5-13(24)6-18(26-3)15(16)7-19(21)29-23(30-22)33-14-8-27-12(2)28-9-14/h7-8,10-11,14-15,23,32H,5-6,9,12-13,31H2,1-4H3,(H,35,40)(H,37,41);2*4-5,8-9,17-18,27H,6-7,10-11,26H2,1-3H3;5-6,8-9,17,20,26H,4,7,10-11,25H2,1-3H3/t14-,15+,23-;17?,18-,24-;17-,18-,24-;17-,20?/m1100/s1. The Kier molecular flexibility index (Phi) is 24.9. The number of nitrogens with one attached hydrogen (secondary N) is 6. The predicted octanol–water partition coefficient (Wildman–Crippen LogP) is 11.3. The van der Waals surface area contributed by atoms with Crippen LogP contribution in [-0.2, 0) is 40.0 Å². The van der Waals surface area contributed by atoms with E-state index >= 15 is 0 Å². The summed E-state index contributed by atoms with van der Waals surface area (Å²) in [6.07, 6.45) is 18.7. The van der Waals surface area contributed by atoms with Crippen LogP contribution in [0, 0.1) is 79.0 Å². The van der Waals surface area contributed by atoms with Gasteiger partial charge in [0, 0.05) is 175 Å². The van der Waals surface area contributed by atoms with Gasteiger partial charge in [-0.3, -0.25) is 9.59 Å². The lowest BCUT2D eigenvalue weighted by molar-refractivity contribution is -0.129. The molecule has 3 saturated carbocycles. The van der Waals surface area contributed by atoms with E-state index in [2.05, 4.69) is 110 Å². The number of nitrogens with zero attached hydrogens (tertiary/aromatic N) is 20. The lowest BCUT2D eigenvalue weighted by Crippen LogP contribution is -2.53. The summed E-state index contributed by atoms with van der Waals surface area (Å²) in [5.41, 5.74) is 41.4. The number of benzene rings is 4. The Morgan fingerprint density at radius 1 is 0.426 bits per heavy atom. The van der Waals surface area contributed by atoms with Crippen molar-refractivity contribution in [1.82, 2.24) is 90.4 Å². The highest BCUT2D eigenvalue weighted by Crippen LogP contribution is 2.59. The molecule has 11 atom stereocenters. The molecule has 8 aromatic heterocycles. The summed E-state index contributed by atoms with van der Waals surface area (Å²) in [6, 6.07) is 11.7. The number of nitrogens with two attached hydrogens (primary N) is 4. The molecular weight excluding hydrogens is 1810 g/mol. The molecular formula is C100H112F4N30O7. The van der Waals surface area contributed by atoms with Crippen molar-refractivity contribution in [3.63, 3.8) is 0 Å². The van der Waals surface area contributed by atoms with Crippen LogP contribution in [0.25, 0.3) is 44.5 Å². The molecule has 41 heteroatoms. The van der Waals surface area contributed by atoms with Crippen LogP contribution in [0.4, 0.5) is 63.6 Å². The molecule has 0 radical (unpaired) electrons. The van der Waals surface area contributed by atoms with Crippen LogP contribution in [-0.4, -0.2) is 221 Å². The van der Waals surface area contributed by atoms with Crippen molar-refractivity contribution < 1.29 is 50.8 Å². The number of carbonyl (C=O) groups is 2. The van der Waals surface area contributed by atoms with Crippen LogP contribution in [0.2, 0.25) is 0 Å². The van der Waals surface area contributed by atoms with Gasteiger partial charge in [-0.1, -0.05) is 13.8 Å². The van der Waals surface area contributed by atoms with E-state index in [0.29, 0.717) is 134 Å². The van der Waals surface area contributed by atoms with Crippen molar-refractivity contribution in [2.24, 2.45) is 51.0 Å². The second-order valence-electron chi connectivity index (χ2n) is 38.9. The molecule has 23 rings (SSSR count). The van der Waals surface area contributed by atoms with Crippen LogP contribution in [0.1, 0.15) is 129 Å². The molecule has 732 valence electrons. The summed E-state index contributed by atoms with van der Waals surface area (Å²) < 4.78 is 87.9. The maximum atomic E-state index is 14.7. The number of aromatic nitrogens is 16. The number of hydrogen-bond donors (Lipinski definition) is 10. The predicted molar refractivity (Wildman–Crippen MR) is 522 cm³/mol. The minimum atomic E-state index is -0.733. The summed E-state index contributed by atoms with van der Waals surface area (Å²) in [4.78, 5) is 105. The fraction of sp³-hybridized carbons (Fsp3) is 0.420. The van der Waals surface area contributed by atoms with E-state index < -0.39 is 12.1 Å². The third kappa shape index (κ3) is 18.2. The summed E-state index contributed by atoms with van der Waals surface area (Å²) in [6.45, 7) is 23.1. The van der Waals surface area contributed by atoms with Gasteiger partial charge in [0.2, 0.25) is 11.8 Å². The molecule has 11 aliphatic rings. The van der Waals surface area contributed by atoms with Gasteiger partial charge in [0.25, 0.3) is 0 Å². The normalized spacial score (nSPS) is 21.7. The minimum Gasteiger partial charge on any atom is -0.421 e. The average Bonchev–Trinajstić information content (AvgIpc) is 1.54. The number of ether oxygens (including phenoxy) is 5. The van der Waals surface area contributed by atoms with Crippen LogP contribution in [0.3, 0.4) is 0 Å². The number of carbonyl (C=O) groups excluding carboxylic acids is 2. The Bertz CT molecular complexity index is 6700. The lowest BCUT2D eigenvalue weighted by Gasteiger charge is -2.46. The Balaban J connectivity index is 0.000000116. The molecule has 7 fully saturated rings. The van der Waals surface area contributed by atoms with Crippen molar-refractivity contribution in [3.05, 3.63) is 190 Å². The summed E-state index contributed by atoms with van der Waals surface area (Å²) in [5, 5.41) is 18.2. The molecule has 12 aromatic rings. The number of anilines is 8. The summed E-state index contributed by atoms with van der Waals surface area (Å²) in [5.74, 6) is 6.10. The largest absolute Gasteiger partial charge is 0.421 e. The van der Waals surface area contributed by atoms with Crippen molar-refractivity contribution in [3.8, 4) is 91.5 Å². The first-order valence-corrected chi connectivity index (χ1v) is 47.5. The molecule has 2 unspecified atom stereocenters. The molecule has 12 heterocycles. The number of hydrogen-bond acceptors (Lipinski definition) is 35. The van der Waals surface area contributed by atoms with Crippen molar-refractivity contribution in [2.75, 3.05) is 128 Å². The fourth-order valence-corrected chi connectivity index (χ4v) is 21.8. The fourth-order valence-electron chi connectivity index (χ4n) is 21.8. The van der Waals surface area contributed by atoms with Gasteiger partial charge in [-0.05, 0) is 190 Å². The molecule has 141 heavy (non-hydrogen) atoms. The van der Waals surface area contributed by atoms with Gasteiger partial charge in [-0.25, -0.2) is 57.4 Å². The topological polar surface area (TPSA) is 476 Å². The van der Waals surface area contributed by atoms with Gasteiger partial charge in [0.05, 0.1) is 96.6 Å². The molecule has 0 bridgehead atoms. The van der Waals surface area contributed by atoms with Gasteiger partial charge >= 0.3 is 24.0 Å². The first kappa shape index (κ1) is 94.2. The highest BCUT2D eigenvalue weighted by molar-refractivity contribution is 5.94. The van der Waals surface area contributed by atoms with E-state index in [1.54, 1.807) is 124 Å². The summed E-state index contributed by atoms with van der Waals surface area (Å²) >= 11 is 0. The quantitative estimate of drug-likeness (QED) is 0.0282. The molecule has 1 spiro atoms. The van der Waals surface area contributed by atoms with E-state index in [1.165, 1.54) is 30.3 Å². The zero-order valence-corrected chi connectivity index (χ0v) is 80.6. The number of aryl methyl sites for hydroxylation is 4. The van der Waals surface area contributed by atoms with Crippen LogP contribution in [0.15, 0.2) is 98.1 Å². The van der Waals surface area contributed by atoms with E-state index in [-0.39, 0.29) is 106 Å². The average molecular weight is 1920 g/mol. The zero-order valence-electron chi connectivity index (χ0n) is 80.6. The zero-order chi connectivity index (χ0) is 98.7. The summed E-state index contributed by atoms with van der Waals surface area (Å²) in [7, 11) is 7.15. The highest BCUT2D eigenvalue weighted by atomic mass is 19.1. The Morgan fingerprint density at radius 3 is 1.02 bits per heavy atom. The van der Waals surface area contributed by atoms with Gasteiger partial charge < -0.3 is 98.1 Å². The molecule has 4 saturated heterocycles. The Hall–Kier alpha value is -14.4. The number of fused-ring (bicyclic) bond motifs is 14. The van der Waals surface area contributed by atoms with Crippen LogP contribution >= 0.6 is 0 Å². The molecule has 37 nitrogen and oxygen atoms in total. The van der Waals surface area contributed by atoms with Crippen LogP contribution in [0.5, 0.6) is 47.0 Å². The SMILES string of the molecule is CCOC1CN(c2nc(Oc3cnc(C)nc3)nc3c2-c2cc(F)cc(NC)c2C3)C[C@@H]1N.CNc1cc(F)cc2c1Cc1nc(Oc3cnc(C)nc3)nc(N3CC4[C@H](N)C[C@]4(C)C3)c1-2.CNc1cc(F)cc2c1Cc1nc(Oc3cnc(C)nc3)nc(N3C[C@@H](NC(=O)[C@H](C)NC(=O)[C@@H](C)N)C4(CC4)C3)c1-2.CNc1cc(F)cc2c1Cc1nc(Oc3cnc(C)nc3)nc(N3C[C@H]4[C@@H](N)C[C@@]4(C)C3)c1-2. The van der Waals surface area contributed by atoms with Gasteiger partial charge in [-0.15, -0.1) is 0 Å². The Morgan fingerprint density at radius 2 is 0.738 bits per heavy atom. The number of amides is 2. The first-order chi connectivity index (χ1) is 67.7. The third-order valence-corrected chi connectivity index (χ3v) is 29.1. The number of halogens is 4. The number of rotatable bonds is 22. The second kappa shape index (κ2) is 37.3. The van der Waals surface area contributed by atoms with Gasteiger partial charge in [-0.2, -0.15) is 39.9 Å². The maximum absolute atomic E-state index is 14.7. The van der Waals surface area contributed by atoms with E-state index in [9.17, 15) is 27.2 Å². The van der Waals surface area contributed by atoms with Crippen LogP contribution < -0.4 is 93.4 Å². The third-order valence-electron chi connectivity index (χ3n) is 29.1. The molecule has 2 amide bonds. The van der Waals surface area contributed by atoms with E-state index in [0.717, 1.165) is 170 Å². The maximum Gasteiger partial charge on any atom is 0.324 e. The molecule has 4 aromatic carbocycles. The first-order valence-electron chi connectivity index (χ1n) is 47.5. The van der Waals surface area contributed by atoms with Crippen molar-refractivity contribution in [1.29, 1.82) is 0 Å². The molecule has 4 aliphatic heterocycles. The monoisotopic (exact) mass is 1920 g/mol. The second-order valence-corrected chi connectivity index (χ2v) is 38.9. The van der Waals surface area contributed by atoms with Gasteiger partial charge in [0.1, 0.15) is 75.9 Å². The smallest absolute Gasteiger partial charge is 0.324 e. The molecule has 14 N–H and O–H groups in total. The highest BCUT2D eigenvalue weighted by Gasteiger charge is 2.59. The van der Waals surface area contributed by atoms with Crippen molar-refractivity contribution in [2.45, 2.75) is 156 Å². The van der Waals surface area contributed by atoms with Gasteiger partial charge in [0.15, 0.2) is 23.0 Å².